The molecule has 2 aromatic rings. The molecule has 1 aromatic carbocycles. The second-order valence-electron chi connectivity index (χ2n) is 3.33. The fraction of sp³-hybridized carbons (Fsp3) is 0.182. The van der Waals surface area contributed by atoms with Gasteiger partial charge in [0.1, 0.15) is 5.15 Å². The lowest BCUT2D eigenvalue weighted by Gasteiger charge is -2.09. The van der Waals surface area contributed by atoms with Crippen molar-refractivity contribution in [3.8, 4) is 0 Å². The molecule has 0 aliphatic heterocycles. The van der Waals surface area contributed by atoms with Crippen molar-refractivity contribution < 1.29 is 0 Å². The van der Waals surface area contributed by atoms with Crippen LogP contribution in [0.25, 0.3) is 10.9 Å². The Bertz CT molecular complexity index is 530. The first kappa shape index (κ1) is 12.8. The molecule has 2 rings (SSSR count). The second kappa shape index (κ2) is 5.34. The summed E-state index contributed by atoms with van der Waals surface area (Å²) in [6.45, 7) is 0. The Morgan fingerprint density at radius 1 is 1.31 bits per heavy atom. The van der Waals surface area contributed by atoms with E-state index in [2.05, 4.69) is 58.8 Å². The summed E-state index contributed by atoms with van der Waals surface area (Å²) in [5, 5.41) is 2.43. The minimum atomic E-state index is 0.177. The molecule has 0 aliphatic carbocycles. The van der Waals surface area contributed by atoms with E-state index in [1.165, 1.54) is 0 Å². The maximum Gasteiger partial charge on any atom is 0.134 e. The lowest BCUT2D eigenvalue weighted by atomic mass is 10.1. The van der Waals surface area contributed by atoms with E-state index in [0.29, 0.717) is 5.15 Å². The molecule has 1 nitrogen and oxygen atoms in total. The number of halogens is 4. The molecule has 1 heterocycles. The number of rotatable bonds is 2. The molecule has 0 aliphatic rings. The average Bonchev–Trinajstić information content (AvgIpc) is 2.28. The average molecular weight is 428 g/mol. The zero-order chi connectivity index (χ0) is 11.7. The summed E-state index contributed by atoms with van der Waals surface area (Å²) in [6.07, 6.45) is 0. The number of benzene rings is 1. The summed E-state index contributed by atoms with van der Waals surface area (Å²) >= 11 is 16.6. The van der Waals surface area contributed by atoms with Crippen LogP contribution in [0.2, 0.25) is 5.15 Å². The van der Waals surface area contributed by atoms with Crippen LogP contribution in [0.3, 0.4) is 0 Å². The van der Waals surface area contributed by atoms with Gasteiger partial charge in [0, 0.05) is 20.8 Å². The Morgan fingerprint density at radius 2 is 2.06 bits per heavy atom. The first-order valence-corrected chi connectivity index (χ1v) is 7.78. The molecule has 0 spiro atoms. The van der Waals surface area contributed by atoms with Crippen molar-refractivity contribution in [1.29, 1.82) is 0 Å². The van der Waals surface area contributed by atoms with Gasteiger partial charge < -0.3 is 0 Å². The number of aromatic nitrogens is 1. The summed E-state index contributed by atoms with van der Waals surface area (Å²) in [7, 11) is 0. The monoisotopic (exact) mass is 425 g/mol. The van der Waals surface area contributed by atoms with Gasteiger partial charge in [-0.05, 0) is 24.3 Å². The number of pyridine rings is 1. The third kappa shape index (κ3) is 2.61. The van der Waals surface area contributed by atoms with E-state index in [1.807, 2.05) is 18.2 Å². The highest BCUT2D eigenvalue weighted by atomic mass is 79.9. The molecule has 84 valence electrons. The minimum Gasteiger partial charge on any atom is -0.236 e. The normalized spacial score (nSPS) is 13.0. The van der Waals surface area contributed by atoms with E-state index >= 15 is 0 Å². The first-order chi connectivity index (χ1) is 7.61. The third-order valence-corrected chi connectivity index (χ3v) is 5.36. The van der Waals surface area contributed by atoms with Crippen molar-refractivity contribution in [1.82, 2.24) is 4.98 Å². The fourth-order valence-electron chi connectivity index (χ4n) is 1.44. The highest BCUT2D eigenvalue weighted by Gasteiger charge is 2.12. The van der Waals surface area contributed by atoms with Gasteiger partial charge in [-0.1, -0.05) is 59.4 Å². The molecule has 0 radical (unpaired) electrons. The van der Waals surface area contributed by atoms with E-state index < -0.39 is 0 Å². The number of hydrogen-bond acceptors (Lipinski definition) is 1. The van der Waals surface area contributed by atoms with Gasteiger partial charge in [-0.15, -0.1) is 0 Å². The van der Waals surface area contributed by atoms with E-state index in [-0.39, 0.29) is 4.83 Å². The fourth-order valence-corrected chi connectivity index (χ4v) is 2.93. The maximum atomic E-state index is 6.14. The SMILES string of the molecule is Clc1nc2ccc(Br)cc2cc1C(Br)CBr. The van der Waals surface area contributed by atoms with Crippen LogP contribution in [0.5, 0.6) is 0 Å². The topological polar surface area (TPSA) is 12.9 Å². The summed E-state index contributed by atoms with van der Waals surface area (Å²) in [4.78, 5) is 4.56. The van der Waals surface area contributed by atoms with Gasteiger partial charge in [-0.2, -0.15) is 0 Å². The van der Waals surface area contributed by atoms with E-state index in [4.69, 9.17) is 11.6 Å². The van der Waals surface area contributed by atoms with Gasteiger partial charge in [0.25, 0.3) is 0 Å². The molecule has 0 bridgehead atoms. The van der Waals surface area contributed by atoms with Gasteiger partial charge in [-0.25, -0.2) is 4.98 Å². The highest BCUT2D eigenvalue weighted by Crippen LogP contribution is 2.32. The molecule has 0 saturated heterocycles. The Kier molecular flexibility index (Phi) is 4.27. The molecule has 0 saturated carbocycles. The van der Waals surface area contributed by atoms with E-state index in [1.54, 1.807) is 0 Å². The Balaban J connectivity index is 2.64. The summed E-state index contributed by atoms with van der Waals surface area (Å²) < 4.78 is 1.04. The standard InChI is InChI=1S/C11H7Br3ClN/c12-5-9(14)8-4-6-3-7(13)1-2-10(6)16-11(8)15/h1-4,9H,5H2. The summed E-state index contributed by atoms with van der Waals surface area (Å²) in [5.41, 5.74) is 1.91. The quantitative estimate of drug-likeness (QED) is 0.456. The van der Waals surface area contributed by atoms with Gasteiger partial charge in [0.05, 0.1) is 10.3 Å². The third-order valence-electron chi connectivity index (χ3n) is 2.23. The van der Waals surface area contributed by atoms with E-state index in [0.717, 1.165) is 26.3 Å². The molecular formula is C11H7Br3ClN. The van der Waals surface area contributed by atoms with Crippen molar-refractivity contribution in [2.45, 2.75) is 4.83 Å². The van der Waals surface area contributed by atoms with Crippen molar-refractivity contribution >= 4 is 70.3 Å². The number of hydrogen-bond donors (Lipinski definition) is 0. The molecule has 0 amide bonds. The number of nitrogens with zero attached hydrogens (tertiary/aromatic N) is 1. The number of alkyl halides is 2. The van der Waals surface area contributed by atoms with Crippen LogP contribution in [0, 0.1) is 0 Å². The highest BCUT2D eigenvalue weighted by molar-refractivity contribution is 9.12. The van der Waals surface area contributed by atoms with Gasteiger partial charge in [0.2, 0.25) is 0 Å². The lowest BCUT2D eigenvalue weighted by molar-refractivity contribution is 1.13. The van der Waals surface area contributed by atoms with E-state index in [9.17, 15) is 0 Å². The van der Waals surface area contributed by atoms with Crippen molar-refractivity contribution in [3.05, 3.63) is 39.5 Å². The zero-order valence-electron chi connectivity index (χ0n) is 8.05. The maximum absolute atomic E-state index is 6.14. The molecule has 16 heavy (non-hydrogen) atoms. The zero-order valence-corrected chi connectivity index (χ0v) is 13.6. The predicted molar refractivity (Wildman–Crippen MR) is 79.9 cm³/mol. The first-order valence-electron chi connectivity index (χ1n) is 4.57. The van der Waals surface area contributed by atoms with Crippen LogP contribution >= 0.6 is 59.4 Å². The molecule has 1 unspecified atom stereocenters. The smallest absolute Gasteiger partial charge is 0.134 e. The molecule has 0 fully saturated rings. The minimum absolute atomic E-state index is 0.177. The van der Waals surface area contributed by atoms with Crippen molar-refractivity contribution in [2.75, 3.05) is 5.33 Å². The molecule has 0 N–H and O–H groups in total. The van der Waals surface area contributed by atoms with Gasteiger partial charge in [-0.3, -0.25) is 0 Å². The van der Waals surface area contributed by atoms with Crippen LogP contribution in [-0.2, 0) is 0 Å². The molecular weight excluding hydrogens is 421 g/mol. The summed E-state index contributed by atoms with van der Waals surface area (Å²) in [6, 6.07) is 8.01. The van der Waals surface area contributed by atoms with Crippen molar-refractivity contribution in [2.24, 2.45) is 0 Å². The van der Waals surface area contributed by atoms with Crippen LogP contribution in [0.1, 0.15) is 10.4 Å². The second-order valence-corrected chi connectivity index (χ2v) is 6.35. The molecule has 1 atom stereocenters. The predicted octanol–water partition coefficient (Wildman–Crippen LogP) is 5.48. The van der Waals surface area contributed by atoms with Gasteiger partial charge >= 0.3 is 0 Å². The Labute approximate surface area is 124 Å². The molecule has 5 heteroatoms. The lowest BCUT2D eigenvalue weighted by Crippen LogP contribution is -1.95. The van der Waals surface area contributed by atoms with Crippen molar-refractivity contribution in [3.63, 3.8) is 0 Å². The van der Waals surface area contributed by atoms with Crippen LogP contribution in [0.4, 0.5) is 0 Å². The largest absolute Gasteiger partial charge is 0.236 e. The van der Waals surface area contributed by atoms with Crippen LogP contribution < -0.4 is 0 Å². The number of fused-ring (bicyclic) bond motifs is 1. The Morgan fingerprint density at radius 3 is 2.75 bits per heavy atom. The van der Waals surface area contributed by atoms with Gasteiger partial charge in [0.15, 0.2) is 0 Å². The van der Waals surface area contributed by atoms with Crippen LogP contribution in [-0.4, -0.2) is 10.3 Å². The molecule has 1 aromatic heterocycles. The summed E-state index contributed by atoms with van der Waals surface area (Å²) in [5.74, 6) is 0. The van der Waals surface area contributed by atoms with Crippen LogP contribution in [0.15, 0.2) is 28.7 Å². The Hall–Kier alpha value is 0.360.